The number of halogens is 2. The van der Waals surface area contributed by atoms with Crippen molar-refractivity contribution in [2.45, 2.75) is 0 Å². The average Bonchev–Trinajstić information content (AvgIpc) is 1.10. The van der Waals surface area contributed by atoms with Gasteiger partial charge in [0.1, 0.15) is 94.8 Å². The van der Waals surface area contributed by atoms with Gasteiger partial charge in [-0.3, -0.25) is 0 Å². The number of hydrogen-bond donors (Lipinski definition) is 0. The predicted molar refractivity (Wildman–Crippen MR) is 374 cm³/mol. The molecule has 0 aromatic heterocycles. The summed E-state index contributed by atoms with van der Waals surface area (Å²) in [4.78, 5) is 0. The van der Waals surface area contributed by atoms with Crippen molar-refractivity contribution in [2.24, 2.45) is 0 Å². The van der Waals surface area contributed by atoms with Crippen molar-refractivity contribution in [3.63, 3.8) is 0 Å². The fraction of sp³-hybridized carbons (Fsp3) is 0. The van der Waals surface area contributed by atoms with E-state index >= 15 is 0 Å². The summed E-state index contributed by atoms with van der Waals surface area (Å²) in [6, 6.07) is 134. The van der Waals surface area contributed by atoms with Crippen LogP contribution in [0.15, 0.2) is 387 Å². The molecule has 14 rings (SSSR count). The first-order valence-electron chi connectivity index (χ1n) is 28.8. The van der Waals surface area contributed by atoms with Gasteiger partial charge in [0.05, 0.1) is 0 Å². The minimum Gasteiger partial charge on any atom is -1.00 e. The minimum absolute atomic E-state index is 0. The molecule has 12 aromatic carbocycles. The zero-order valence-electron chi connectivity index (χ0n) is 47.5. The maximum Gasteiger partial charge on any atom is 0.152 e. The Bertz CT molecular complexity index is 3510. The Morgan fingerprint density at radius 3 is 0.349 bits per heavy atom. The maximum absolute atomic E-state index is 2.73. The van der Waals surface area contributed by atoms with Crippen molar-refractivity contribution in [1.29, 1.82) is 0 Å². The van der Waals surface area contributed by atoms with Gasteiger partial charge in [-0.05, 0) is 97.1 Å². The molecule has 0 saturated carbocycles. The van der Waals surface area contributed by atoms with Crippen LogP contribution in [0.1, 0.15) is 22.3 Å². The third-order valence-corrected chi connectivity index (χ3v) is 33.3. The summed E-state index contributed by atoms with van der Waals surface area (Å²) in [5, 5.41) is 16.7. The molecular formula is C80H64Br2P4+2. The van der Waals surface area contributed by atoms with Gasteiger partial charge in [-0.25, -0.2) is 0 Å². The van der Waals surface area contributed by atoms with E-state index in [1.807, 2.05) is 0 Å². The molecule has 0 atom stereocenters. The molecule has 0 N–H and O–H groups in total. The molecule has 2 aliphatic rings. The van der Waals surface area contributed by atoms with E-state index in [9.17, 15) is 0 Å². The summed E-state index contributed by atoms with van der Waals surface area (Å²) in [5.74, 6) is 10.9. The van der Waals surface area contributed by atoms with Crippen LogP contribution in [-0.2, 0) is 0 Å². The van der Waals surface area contributed by atoms with E-state index in [0.717, 1.165) is 0 Å². The molecule has 0 nitrogen and oxygen atoms in total. The lowest BCUT2D eigenvalue weighted by Gasteiger charge is -2.35. The highest BCUT2D eigenvalue weighted by Gasteiger charge is 2.62. The second kappa shape index (κ2) is 27.3. The summed E-state index contributed by atoms with van der Waals surface area (Å²) in [5.41, 5.74) is 5.16. The molecule has 6 heteroatoms. The van der Waals surface area contributed by atoms with Crippen LogP contribution in [0.3, 0.4) is 0 Å². The minimum atomic E-state index is -2.24. The lowest BCUT2D eigenvalue weighted by Crippen LogP contribution is -3.00. The Morgan fingerprint density at radius 1 is 0.128 bits per heavy atom. The van der Waals surface area contributed by atoms with Gasteiger partial charge in [-0.15, -0.1) is 0 Å². The van der Waals surface area contributed by atoms with Crippen LogP contribution >= 0.6 is 29.0 Å². The van der Waals surface area contributed by atoms with Gasteiger partial charge in [0, 0.05) is 22.3 Å². The van der Waals surface area contributed by atoms with E-state index < -0.39 is 29.0 Å². The molecule has 0 amide bonds. The summed E-state index contributed by atoms with van der Waals surface area (Å²) in [7, 11) is -8.97. The predicted octanol–water partition coefficient (Wildman–Crippen LogP) is 12.7. The SMILES string of the molecule is C1=C(c2ccccc2)[P+](c2ccccc2)(c2ccccc2)C=C(c2ccccc2)[P+]1(c1ccccc1)c1ccccc1.C1=C(c2ccccc2)[P+](c2ccccc2)(c2ccccc2)C=C(c2ccccc2)[P+]1(c1ccccc1)c1ccccc1.[Br-].[Br-]. The lowest BCUT2D eigenvalue weighted by atomic mass is 10.2. The topological polar surface area (TPSA) is 0 Å². The van der Waals surface area contributed by atoms with Crippen LogP contribution < -0.4 is 76.4 Å². The lowest BCUT2D eigenvalue weighted by molar-refractivity contribution is -0.00100. The monoisotopic (exact) mass is 1310 g/mol. The zero-order chi connectivity index (χ0) is 56.5. The Kier molecular flexibility index (Phi) is 19.1. The Balaban J connectivity index is 0.000000175. The molecule has 0 aliphatic carbocycles. The van der Waals surface area contributed by atoms with Gasteiger partial charge in [0.2, 0.25) is 0 Å². The molecule has 2 heterocycles. The molecule has 0 saturated heterocycles. The fourth-order valence-corrected chi connectivity index (χ4v) is 32.1. The van der Waals surface area contributed by atoms with Crippen molar-refractivity contribution in [3.8, 4) is 0 Å². The van der Waals surface area contributed by atoms with E-state index in [1.165, 1.54) is 85.9 Å². The van der Waals surface area contributed by atoms with Crippen LogP contribution in [0.2, 0.25) is 0 Å². The molecule has 0 unspecified atom stereocenters. The summed E-state index contributed by atoms with van der Waals surface area (Å²) >= 11 is 0. The number of benzene rings is 12. The standard InChI is InChI=1S/2C40H32P2.2BrH/c2*1-7-19-33(20-8-1)39-31-42(37-27-15-5-16-28-37,38-29-17-6-18-30-38)40(34-21-9-2-10-22-34)32-41(39,35-23-11-3-12-24-35)36-25-13-4-14-26-36;;/h2*1-32H;2*1H/q2*+2;;/p-2. The largest absolute Gasteiger partial charge is 1.00 e. The Labute approximate surface area is 532 Å². The van der Waals surface area contributed by atoms with Crippen LogP contribution in [0.4, 0.5) is 0 Å². The molecule has 0 radical (unpaired) electrons. The second-order valence-corrected chi connectivity index (χ2v) is 34.0. The molecule has 12 aromatic rings. The molecule has 0 bridgehead atoms. The fourth-order valence-electron chi connectivity index (χ4n) is 12.5. The zero-order valence-corrected chi connectivity index (χ0v) is 54.2. The average molecular weight is 1310 g/mol. The summed E-state index contributed by atoms with van der Waals surface area (Å²) in [6.07, 6.45) is 0. The van der Waals surface area contributed by atoms with E-state index in [0.29, 0.717) is 0 Å². The highest BCUT2D eigenvalue weighted by molar-refractivity contribution is 8.08. The molecule has 0 spiro atoms. The first-order valence-corrected chi connectivity index (χ1v) is 36.2. The molecular weight excluding hydrogens is 1240 g/mol. The van der Waals surface area contributed by atoms with Crippen molar-refractivity contribution >= 4 is 92.7 Å². The van der Waals surface area contributed by atoms with E-state index in [-0.39, 0.29) is 34.0 Å². The van der Waals surface area contributed by atoms with E-state index in [2.05, 4.69) is 387 Å². The van der Waals surface area contributed by atoms with Crippen molar-refractivity contribution in [1.82, 2.24) is 0 Å². The Hall–Kier alpha value is -7.72. The second-order valence-electron chi connectivity index (χ2n) is 21.1. The van der Waals surface area contributed by atoms with Crippen LogP contribution in [-0.4, -0.2) is 0 Å². The highest BCUT2D eigenvalue weighted by Crippen LogP contribution is 2.84. The third-order valence-electron chi connectivity index (χ3n) is 16.4. The quantitative estimate of drug-likeness (QED) is 0.107. The summed E-state index contributed by atoms with van der Waals surface area (Å²) in [6.45, 7) is 0. The van der Waals surface area contributed by atoms with E-state index in [1.54, 1.807) is 0 Å². The first kappa shape index (κ1) is 60.0. The summed E-state index contributed by atoms with van der Waals surface area (Å²) < 4.78 is 0. The van der Waals surface area contributed by atoms with Crippen LogP contribution in [0, 0.1) is 0 Å². The maximum atomic E-state index is 2.73. The van der Waals surface area contributed by atoms with Gasteiger partial charge in [-0.1, -0.05) is 267 Å². The van der Waals surface area contributed by atoms with Crippen molar-refractivity contribution in [3.05, 3.63) is 410 Å². The molecule has 86 heavy (non-hydrogen) atoms. The van der Waals surface area contributed by atoms with Crippen molar-refractivity contribution in [2.75, 3.05) is 0 Å². The normalized spacial score (nSPS) is 15.0. The van der Waals surface area contributed by atoms with Crippen molar-refractivity contribution < 1.29 is 34.0 Å². The molecule has 0 fully saturated rings. The Morgan fingerprint density at radius 2 is 0.233 bits per heavy atom. The molecule has 2 aliphatic heterocycles. The third kappa shape index (κ3) is 11.2. The van der Waals surface area contributed by atoms with Gasteiger partial charge < -0.3 is 34.0 Å². The van der Waals surface area contributed by atoms with Gasteiger partial charge in [0.15, 0.2) is 21.3 Å². The highest BCUT2D eigenvalue weighted by atomic mass is 79.9. The van der Waals surface area contributed by atoms with Crippen LogP contribution in [0.25, 0.3) is 21.3 Å². The molecule has 416 valence electrons. The first-order chi connectivity index (χ1) is 41.6. The number of hydrogen-bond acceptors (Lipinski definition) is 0. The van der Waals surface area contributed by atoms with Crippen LogP contribution in [0.5, 0.6) is 0 Å². The van der Waals surface area contributed by atoms with E-state index in [4.69, 9.17) is 0 Å². The van der Waals surface area contributed by atoms with Gasteiger partial charge >= 0.3 is 0 Å². The van der Waals surface area contributed by atoms with Gasteiger partial charge in [0.25, 0.3) is 0 Å². The number of rotatable bonds is 12. The smallest absolute Gasteiger partial charge is 0.152 e. The van der Waals surface area contributed by atoms with Gasteiger partial charge in [-0.2, -0.15) is 0 Å².